The van der Waals surface area contributed by atoms with E-state index in [-0.39, 0.29) is 0 Å². The van der Waals surface area contributed by atoms with Crippen LogP contribution in [0.15, 0.2) is 46.5 Å². The van der Waals surface area contributed by atoms with Gasteiger partial charge in [0.1, 0.15) is 10.8 Å². The molecule has 18 heavy (non-hydrogen) atoms. The van der Waals surface area contributed by atoms with E-state index in [4.69, 9.17) is 10.5 Å². The van der Waals surface area contributed by atoms with E-state index >= 15 is 0 Å². The minimum absolute atomic E-state index is 0.529. The van der Waals surface area contributed by atoms with Gasteiger partial charge in [-0.3, -0.25) is 0 Å². The maximum Gasteiger partial charge on any atom is 0.118 e. The van der Waals surface area contributed by atoms with Gasteiger partial charge in [-0.15, -0.1) is 0 Å². The van der Waals surface area contributed by atoms with Crippen LogP contribution in [0, 0.1) is 6.92 Å². The Morgan fingerprint density at radius 3 is 2.56 bits per heavy atom. The van der Waals surface area contributed by atoms with E-state index in [0.717, 1.165) is 26.8 Å². The zero-order valence-electron chi connectivity index (χ0n) is 10.5. The molecule has 0 bridgehead atoms. The van der Waals surface area contributed by atoms with Crippen LogP contribution in [0.3, 0.4) is 0 Å². The highest BCUT2D eigenvalue weighted by molar-refractivity contribution is 7.99. The van der Waals surface area contributed by atoms with Gasteiger partial charge in [-0.1, -0.05) is 17.8 Å². The summed E-state index contributed by atoms with van der Waals surface area (Å²) >= 11 is 1.65. The van der Waals surface area contributed by atoms with Crippen molar-refractivity contribution in [1.82, 2.24) is 4.98 Å². The molecule has 0 aliphatic carbocycles. The van der Waals surface area contributed by atoms with Crippen molar-refractivity contribution in [1.29, 1.82) is 0 Å². The molecule has 0 radical (unpaired) electrons. The van der Waals surface area contributed by atoms with Crippen LogP contribution in [0.25, 0.3) is 0 Å². The van der Waals surface area contributed by atoms with Crippen LogP contribution in [0.1, 0.15) is 11.1 Å². The molecule has 0 fully saturated rings. The Hall–Kier alpha value is -1.52. The molecule has 3 nitrogen and oxygen atoms in total. The SMILES string of the molecule is COc1ccc(Sc2ncc(CN)cc2C)cc1. The van der Waals surface area contributed by atoms with Gasteiger partial charge in [0.2, 0.25) is 0 Å². The van der Waals surface area contributed by atoms with Crippen molar-refractivity contribution >= 4 is 11.8 Å². The quantitative estimate of drug-likeness (QED) is 0.918. The molecule has 0 spiro atoms. The molecule has 0 unspecified atom stereocenters. The Morgan fingerprint density at radius 1 is 1.28 bits per heavy atom. The second kappa shape index (κ2) is 5.89. The number of benzene rings is 1. The Labute approximate surface area is 111 Å². The summed E-state index contributed by atoms with van der Waals surface area (Å²) in [6, 6.07) is 10.0. The van der Waals surface area contributed by atoms with Crippen molar-refractivity contribution < 1.29 is 4.74 Å². The van der Waals surface area contributed by atoms with Crippen molar-refractivity contribution in [3.63, 3.8) is 0 Å². The summed E-state index contributed by atoms with van der Waals surface area (Å²) in [6.07, 6.45) is 1.83. The number of aryl methyl sites for hydroxylation is 1. The molecule has 0 saturated carbocycles. The predicted molar refractivity (Wildman–Crippen MR) is 74.0 cm³/mol. The predicted octanol–water partition coefficient (Wildman–Crippen LogP) is 3.01. The van der Waals surface area contributed by atoms with Gasteiger partial charge in [0.05, 0.1) is 7.11 Å². The van der Waals surface area contributed by atoms with Crippen LogP contribution in [-0.2, 0) is 6.54 Å². The first-order valence-electron chi connectivity index (χ1n) is 5.70. The second-order valence-corrected chi connectivity index (χ2v) is 5.01. The topological polar surface area (TPSA) is 48.1 Å². The van der Waals surface area contributed by atoms with Gasteiger partial charge in [0.25, 0.3) is 0 Å². The molecule has 0 aliphatic heterocycles. The molecule has 1 aromatic heterocycles. The van der Waals surface area contributed by atoms with E-state index in [9.17, 15) is 0 Å². The molecule has 94 valence electrons. The molecule has 0 aliphatic rings. The zero-order chi connectivity index (χ0) is 13.0. The van der Waals surface area contributed by atoms with Crippen LogP contribution in [0.2, 0.25) is 0 Å². The van der Waals surface area contributed by atoms with Gasteiger partial charge in [-0.2, -0.15) is 0 Å². The average molecular weight is 260 g/mol. The zero-order valence-corrected chi connectivity index (χ0v) is 11.3. The molecule has 2 rings (SSSR count). The van der Waals surface area contributed by atoms with Crippen LogP contribution >= 0.6 is 11.8 Å². The van der Waals surface area contributed by atoms with E-state index in [0.29, 0.717) is 6.54 Å². The van der Waals surface area contributed by atoms with Gasteiger partial charge in [0.15, 0.2) is 0 Å². The largest absolute Gasteiger partial charge is 0.497 e. The number of ether oxygens (including phenoxy) is 1. The molecule has 2 N–H and O–H groups in total. The van der Waals surface area contributed by atoms with Crippen molar-refractivity contribution in [3.8, 4) is 5.75 Å². The van der Waals surface area contributed by atoms with Crippen LogP contribution < -0.4 is 10.5 Å². The number of nitrogens with zero attached hydrogens (tertiary/aromatic N) is 1. The number of rotatable bonds is 4. The average Bonchev–Trinajstić information content (AvgIpc) is 2.42. The highest BCUT2D eigenvalue weighted by Gasteiger charge is 2.04. The van der Waals surface area contributed by atoms with Gasteiger partial charge in [-0.25, -0.2) is 4.98 Å². The first-order chi connectivity index (χ1) is 8.72. The highest BCUT2D eigenvalue weighted by Crippen LogP contribution is 2.29. The van der Waals surface area contributed by atoms with Crippen molar-refractivity contribution in [2.24, 2.45) is 5.73 Å². The molecule has 1 aromatic carbocycles. The summed E-state index contributed by atoms with van der Waals surface area (Å²) in [7, 11) is 1.67. The normalized spacial score (nSPS) is 10.4. The molecule has 0 amide bonds. The highest BCUT2D eigenvalue weighted by atomic mass is 32.2. The third kappa shape index (κ3) is 3.03. The standard InChI is InChI=1S/C14H16N2OS/c1-10-7-11(8-15)9-16-14(10)18-13-5-3-12(17-2)4-6-13/h3-7,9H,8,15H2,1-2H3. The van der Waals surface area contributed by atoms with E-state index in [1.165, 1.54) is 0 Å². The first kappa shape index (κ1) is 12.9. The van der Waals surface area contributed by atoms with Crippen molar-refractivity contribution in [3.05, 3.63) is 47.7 Å². The Morgan fingerprint density at radius 2 is 2.00 bits per heavy atom. The summed E-state index contributed by atoms with van der Waals surface area (Å²) in [5.74, 6) is 0.863. The number of pyridine rings is 1. The number of hydrogen-bond acceptors (Lipinski definition) is 4. The van der Waals surface area contributed by atoms with E-state index in [1.807, 2.05) is 30.5 Å². The maximum absolute atomic E-state index is 5.59. The third-order valence-electron chi connectivity index (χ3n) is 2.60. The monoisotopic (exact) mass is 260 g/mol. The number of hydrogen-bond donors (Lipinski definition) is 1. The fourth-order valence-corrected chi connectivity index (χ4v) is 2.42. The van der Waals surface area contributed by atoms with Gasteiger partial charge < -0.3 is 10.5 Å². The summed E-state index contributed by atoms with van der Waals surface area (Å²) < 4.78 is 5.13. The number of aromatic nitrogens is 1. The molecule has 2 aromatic rings. The third-order valence-corrected chi connectivity index (χ3v) is 3.73. The van der Waals surface area contributed by atoms with Crippen molar-refractivity contribution in [2.45, 2.75) is 23.4 Å². The fraction of sp³-hybridized carbons (Fsp3) is 0.214. The summed E-state index contributed by atoms with van der Waals surface area (Å²) in [6.45, 7) is 2.58. The van der Waals surface area contributed by atoms with E-state index in [1.54, 1.807) is 18.9 Å². The first-order valence-corrected chi connectivity index (χ1v) is 6.52. The van der Waals surface area contributed by atoms with Crippen molar-refractivity contribution in [2.75, 3.05) is 7.11 Å². The summed E-state index contributed by atoms with van der Waals surface area (Å²) in [5, 5.41) is 1.01. The lowest BCUT2D eigenvalue weighted by Crippen LogP contribution is -1.98. The maximum atomic E-state index is 5.59. The minimum atomic E-state index is 0.529. The minimum Gasteiger partial charge on any atom is -0.497 e. The lowest BCUT2D eigenvalue weighted by atomic mass is 10.2. The Kier molecular flexibility index (Phi) is 4.23. The molecule has 0 saturated heterocycles. The van der Waals surface area contributed by atoms with Gasteiger partial charge >= 0.3 is 0 Å². The smallest absolute Gasteiger partial charge is 0.118 e. The second-order valence-electron chi connectivity index (χ2n) is 3.95. The summed E-state index contributed by atoms with van der Waals surface area (Å²) in [5.41, 5.74) is 7.81. The number of methoxy groups -OCH3 is 1. The fourth-order valence-electron chi connectivity index (χ4n) is 1.59. The molecule has 0 atom stereocenters. The van der Waals surface area contributed by atoms with Crippen LogP contribution in [-0.4, -0.2) is 12.1 Å². The van der Waals surface area contributed by atoms with Crippen LogP contribution in [0.5, 0.6) is 5.75 Å². The Balaban J connectivity index is 2.17. The number of nitrogens with two attached hydrogens (primary N) is 1. The molecular weight excluding hydrogens is 244 g/mol. The van der Waals surface area contributed by atoms with E-state index in [2.05, 4.69) is 18.0 Å². The van der Waals surface area contributed by atoms with Gasteiger partial charge in [-0.05, 0) is 42.3 Å². The molecule has 1 heterocycles. The lowest BCUT2D eigenvalue weighted by Gasteiger charge is -2.07. The van der Waals surface area contributed by atoms with Crippen LogP contribution in [0.4, 0.5) is 0 Å². The van der Waals surface area contributed by atoms with Gasteiger partial charge in [0, 0.05) is 17.6 Å². The summed E-state index contributed by atoms with van der Waals surface area (Å²) in [4.78, 5) is 5.58. The van der Waals surface area contributed by atoms with E-state index < -0.39 is 0 Å². The Bertz CT molecular complexity index is 526. The lowest BCUT2D eigenvalue weighted by molar-refractivity contribution is 0.414. The molecular formula is C14H16N2OS. The molecule has 4 heteroatoms.